The van der Waals surface area contributed by atoms with Crippen LogP contribution in [-0.4, -0.2) is 12.9 Å². The van der Waals surface area contributed by atoms with Crippen molar-refractivity contribution in [2.75, 3.05) is 12.9 Å². The summed E-state index contributed by atoms with van der Waals surface area (Å²) >= 11 is 7.77. The quantitative estimate of drug-likeness (QED) is 0.829. The number of thioether (sulfide) groups is 1. The van der Waals surface area contributed by atoms with E-state index in [1.165, 1.54) is 10.5 Å². The van der Waals surface area contributed by atoms with Crippen LogP contribution in [0, 0.1) is 6.92 Å². The van der Waals surface area contributed by atoms with Gasteiger partial charge in [-0.1, -0.05) is 35.4 Å². The molecule has 0 bridgehead atoms. The van der Waals surface area contributed by atoms with Gasteiger partial charge in [0, 0.05) is 16.7 Å². The van der Waals surface area contributed by atoms with Gasteiger partial charge in [0.25, 0.3) is 0 Å². The summed E-state index contributed by atoms with van der Waals surface area (Å²) < 4.78 is 5.22. The van der Waals surface area contributed by atoms with Crippen LogP contribution in [0.5, 0.6) is 5.75 Å². The van der Waals surface area contributed by atoms with Gasteiger partial charge in [-0.25, -0.2) is 0 Å². The van der Waals surface area contributed by atoms with Crippen LogP contribution in [0.4, 0.5) is 0 Å². The molecule has 0 aliphatic heterocycles. The number of halogens is 1. The van der Waals surface area contributed by atoms with Gasteiger partial charge < -0.3 is 10.5 Å². The van der Waals surface area contributed by atoms with Crippen molar-refractivity contribution in [3.05, 3.63) is 58.6 Å². The van der Waals surface area contributed by atoms with E-state index in [4.69, 9.17) is 22.1 Å². The van der Waals surface area contributed by atoms with Gasteiger partial charge in [-0.3, -0.25) is 0 Å². The summed E-state index contributed by atoms with van der Waals surface area (Å²) in [7, 11) is 1.61. The van der Waals surface area contributed by atoms with Gasteiger partial charge in [0.15, 0.2) is 0 Å². The van der Waals surface area contributed by atoms with E-state index >= 15 is 0 Å². The molecule has 0 saturated heterocycles. The lowest BCUT2D eigenvalue weighted by Crippen LogP contribution is -2.13. The SMILES string of the molecule is COc1cc(C(N)CSc2ccc(C)cc2)ccc1Cl. The Morgan fingerprint density at radius 3 is 2.55 bits per heavy atom. The van der Waals surface area contributed by atoms with Gasteiger partial charge in [0.2, 0.25) is 0 Å². The lowest BCUT2D eigenvalue weighted by molar-refractivity contribution is 0.414. The predicted molar refractivity (Wildman–Crippen MR) is 86.8 cm³/mol. The van der Waals surface area contributed by atoms with E-state index in [0.717, 1.165) is 11.3 Å². The number of hydrogen-bond donors (Lipinski definition) is 1. The molecular formula is C16H18ClNOS. The summed E-state index contributed by atoms with van der Waals surface area (Å²) in [5, 5.41) is 0.606. The highest BCUT2D eigenvalue weighted by Crippen LogP contribution is 2.29. The van der Waals surface area contributed by atoms with Crippen LogP contribution in [-0.2, 0) is 0 Å². The summed E-state index contributed by atoms with van der Waals surface area (Å²) in [6.07, 6.45) is 0. The fourth-order valence-electron chi connectivity index (χ4n) is 1.82. The van der Waals surface area contributed by atoms with E-state index in [1.54, 1.807) is 18.9 Å². The minimum Gasteiger partial charge on any atom is -0.495 e. The second kappa shape index (κ2) is 7.02. The molecule has 2 rings (SSSR count). The monoisotopic (exact) mass is 307 g/mol. The zero-order valence-corrected chi connectivity index (χ0v) is 13.2. The van der Waals surface area contributed by atoms with E-state index in [0.29, 0.717) is 10.8 Å². The van der Waals surface area contributed by atoms with Crippen molar-refractivity contribution in [3.63, 3.8) is 0 Å². The normalized spacial score (nSPS) is 12.2. The molecule has 0 heterocycles. The van der Waals surface area contributed by atoms with Crippen molar-refractivity contribution in [1.29, 1.82) is 0 Å². The van der Waals surface area contributed by atoms with Crippen LogP contribution in [0.15, 0.2) is 47.4 Å². The Labute approximate surface area is 129 Å². The van der Waals surface area contributed by atoms with Crippen molar-refractivity contribution in [1.82, 2.24) is 0 Å². The van der Waals surface area contributed by atoms with E-state index in [-0.39, 0.29) is 6.04 Å². The summed E-state index contributed by atoms with van der Waals surface area (Å²) in [6.45, 7) is 2.08. The molecular weight excluding hydrogens is 290 g/mol. The summed E-state index contributed by atoms with van der Waals surface area (Å²) in [5.74, 6) is 1.48. The van der Waals surface area contributed by atoms with Crippen molar-refractivity contribution >= 4 is 23.4 Å². The highest BCUT2D eigenvalue weighted by Gasteiger charge is 2.10. The highest BCUT2D eigenvalue weighted by molar-refractivity contribution is 7.99. The zero-order chi connectivity index (χ0) is 14.5. The molecule has 2 nitrogen and oxygen atoms in total. The molecule has 2 aromatic rings. The molecule has 0 fully saturated rings. The van der Waals surface area contributed by atoms with Crippen LogP contribution < -0.4 is 10.5 Å². The molecule has 0 radical (unpaired) electrons. The molecule has 0 aliphatic carbocycles. The highest BCUT2D eigenvalue weighted by atomic mass is 35.5. The Balaban J connectivity index is 2.01. The van der Waals surface area contributed by atoms with E-state index in [1.807, 2.05) is 18.2 Å². The summed E-state index contributed by atoms with van der Waals surface area (Å²) in [4.78, 5) is 1.23. The molecule has 0 saturated carbocycles. The number of rotatable bonds is 5. The third-order valence-corrected chi connectivity index (χ3v) is 4.50. The van der Waals surface area contributed by atoms with Crippen molar-refractivity contribution < 1.29 is 4.74 Å². The number of nitrogens with two attached hydrogens (primary N) is 1. The number of benzene rings is 2. The third kappa shape index (κ3) is 3.92. The maximum absolute atomic E-state index is 6.23. The fraction of sp³-hybridized carbons (Fsp3) is 0.250. The molecule has 4 heteroatoms. The van der Waals surface area contributed by atoms with Crippen LogP contribution in [0.2, 0.25) is 5.02 Å². The minimum atomic E-state index is -0.0486. The predicted octanol–water partition coefficient (Wildman–Crippen LogP) is 4.45. The van der Waals surface area contributed by atoms with Crippen LogP contribution in [0.25, 0.3) is 0 Å². The molecule has 0 amide bonds. The van der Waals surface area contributed by atoms with Gasteiger partial charge >= 0.3 is 0 Å². The maximum Gasteiger partial charge on any atom is 0.137 e. The van der Waals surface area contributed by atoms with Crippen molar-refractivity contribution in [2.24, 2.45) is 5.73 Å². The third-order valence-electron chi connectivity index (χ3n) is 3.05. The molecule has 2 aromatic carbocycles. The Morgan fingerprint density at radius 1 is 1.20 bits per heavy atom. The van der Waals surface area contributed by atoms with Crippen LogP contribution in [0.1, 0.15) is 17.2 Å². The standard InChI is InChI=1S/C16H18ClNOS/c1-11-3-6-13(7-4-11)20-10-15(18)12-5-8-14(17)16(9-12)19-2/h3-9,15H,10,18H2,1-2H3. The summed E-state index contributed by atoms with van der Waals surface area (Å²) in [5.41, 5.74) is 8.53. The van der Waals surface area contributed by atoms with Gasteiger partial charge in [-0.2, -0.15) is 0 Å². The topological polar surface area (TPSA) is 35.2 Å². The number of methoxy groups -OCH3 is 1. The fourth-order valence-corrected chi connectivity index (χ4v) is 2.91. The number of aryl methyl sites for hydroxylation is 1. The lowest BCUT2D eigenvalue weighted by atomic mass is 10.1. The Morgan fingerprint density at radius 2 is 1.90 bits per heavy atom. The first-order chi connectivity index (χ1) is 9.60. The molecule has 0 aromatic heterocycles. The molecule has 0 spiro atoms. The van der Waals surface area contributed by atoms with Gasteiger partial charge in [0.05, 0.1) is 12.1 Å². The molecule has 20 heavy (non-hydrogen) atoms. The largest absolute Gasteiger partial charge is 0.495 e. The molecule has 1 atom stereocenters. The van der Waals surface area contributed by atoms with Crippen molar-refractivity contribution in [2.45, 2.75) is 17.9 Å². The van der Waals surface area contributed by atoms with Crippen molar-refractivity contribution in [3.8, 4) is 5.75 Å². The summed E-state index contributed by atoms with van der Waals surface area (Å²) in [6, 6.07) is 14.1. The van der Waals surface area contributed by atoms with Crippen LogP contribution in [0.3, 0.4) is 0 Å². The van der Waals surface area contributed by atoms with Gasteiger partial charge in [-0.05, 0) is 36.8 Å². The Bertz CT molecular complexity index is 571. The van der Waals surface area contributed by atoms with Crippen LogP contribution >= 0.6 is 23.4 Å². The first-order valence-corrected chi connectivity index (χ1v) is 7.75. The Hall–Kier alpha value is -1.16. The second-order valence-electron chi connectivity index (χ2n) is 4.62. The molecule has 106 valence electrons. The minimum absolute atomic E-state index is 0.0486. The first kappa shape index (κ1) is 15.2. The smallest absolute Gasteiger partial charge is 0.137 e. The van der Waals surface area contributed by atoms with Gasteiger partial charge in [-0.15, -0.1) is 11.8 Å². The average molecular weight is 308 g/mol. The average Bonchev–Trinajstić information content (AvgIpc) is 2.47. The van der Waals surface area contributed by atoms with E-state index in [9.17, 15) is 0 Å². The second-order valence-corrected chi connectivity index (χ2v) is 6.13. The maximum atomic E-state index is 6.23. The zero-order valence-electron chi connectivity index (χ0n) is 11.6. The van der Waals surface area contributed by atoms with E-state index in [2.05, 4.69) is 31.2 Å². The molecule has 0 aliphatic rings. The number of ether oxygens (including phenoxy) is 1. The van der Waals surface area contributed by atoms with E-state index < -0.39 is 0 Å². The molecule has 1 unspecified atom stereocenters. The lowest BCUT2D eigenvalue weighted by Gasteiger charge is -2.13. The Kier molecular flexibility index (Phi) is 5.35. The van der Waals surface area contributed by atoms with Gasteiger partial charge in [0.1, 0.15) is 5.75 Å². The molecule has 2 N–H and O–H groups in total. The number of hydrogen-bond acceptors (Lipinski definition) is 3. The first-order valence-electron chi connectivity index (χ1n) is 6.38.